The van der Waals surface area contributed by atoms with E-state index in [1.54, 1.807) is 18.7 Å². The minimum atomic E-state index is -0.174. The predicted octanol–water partition coefficient (Wildman–Crippen LogP) is 3.00. The number of carbonyl (C=O) groups is 1. The standard InChI is InChI=1S/C21H24N6O2/c1-26-15-23-25-20(26)14-27-12-3-2-6-19(27)21(28)24-16-7-9-17(10-8-16)29-18-5-4-11-22-13-18/h4-5,7-11,13,15,19H,2-3,6,12,14H2,1H3,(H,24,28)/t19-/m0/s1. The lowest BCUT2D eigenvalue weighted by atomic mass is 10.0. The predicted molar refractivity (Wildman–Crippen MR) is 108 cm³/mol. The van der Waals surface area contributed by atoms with Crippen LogP contribution in [0.15, 0.2) is 55.1 Å². The third kappa shape index (κ3) is 4.78. The Morgan fingerprint density at radius 3 is 2.79 bits per heavy atom. The maximum absolute atomic E-state index is 12.9. The van der Waals surface area contributed by atoms with Crippen molar-refractivity contribution in [3.05, 3.63) is 60.9 Å². The van der Waals surface area contributed by atoms with Crippen LogP contribution in [0.3, 0.4) is 0 Å². The van der Waals surface area contributed by atoms with Gasteiger partial charge in [0.15, 0.2) is 0 Å². The highest BCUT2D eigenvalue weighted by Gasteiger charge is 2.29. The molecule has 1 N–H and O–H groups in total. The molecule has 29 heavy (non-hydrogen) atoms. The largest absolute Gasteiger partial charge is 0.456 e. The highest BCUT2D eigenvalue weighted by Crippen LogP contribution is 2.24. The SMILES string of the molecule is Cn1cnnc1CN1CCCC[C@H]1C(=O)Nc1ccc(Oc2cccnc2)cc1. The monoisotopic (exact) mass is 392 g/mol. The number of carbonyl (C=O) groups excluding carboxylic acids is 1. The van der Waals surface area contributed by atoms with Gasteiger partial charge in [0.05, 0.1) is 18.8 Å². The summed E-state index contributed by atoms with van der Waals surface area (Å²) in [6.07, 6.45) is 8.01. The van der Waals surface area contributed by atoms with Crippen molar-refractivity contribution < 1.29 is 9.53 Å². The molecule has 2 aromatic heterocycles. The number of nitrogens with one attached hydrogen (secondary N) is 1. The Labute approximate surface area is 169 Å². The third-order valence-electron chi connectivity index (χ3n) is 5.06. The molecule has 3 aromatic rings. The van der Waals surface area contributed by atoms with Crippen LogP contribution in [0.25, 0.3) is 0 Å². The van der Waals surface area contributed by atoms with Gasteiger partial charge in [-0.3, -0.25) is 14.7 Å². The number of hydrogen-bond donors (Lipinski definition) is 1. The number of likely N-dealkylation sites (tertiary alicyclic amines) is 1. The first-order valence-electron chi connectivity index (χ1n) is 9.75. The normalized spacial score (nSPS) is 17.1. The lowest BCUT2D eigenvalue weighted by Gasteiger charge is -2.34. The Morgan fingerprint density at radius 2 is 2.07 bits per heavy atom. The number of rotatable bonds is 6. The van der Waals surface area contributed by atoms with Crippen LogP contribution in [0.1, 0.15) is 25.1 Å². The van der Waals surface area contributed by atoms with Crippen molar-refractivity contribution in [1.29, 1.82) is 0 Å². The second-order valence-corrected chi connectivity index (χ2v) is 7.14. The number of nitrogens with zero attached hydrogens (tertiary/aromatic N) is 5. The number of aryl methyl sites for hydroxylation is 1. The van der Waals surface area contributed by atoms with Crippen LogP contribution in [0.4, 0.5) is 5.69 Å². The minimum Gasteiger partial charge on any atom is -0.456 e. The quantitative estimate of drug-likeness (QED) is 0.694. The van der Waals surface area contributed by atoms with Gasteiger partial charge in [-0.05, 0) is 55.8 Å². The molecule has 4 rings (SSSR count). The smallest absolute Gasteiger partial charge is 0.241 e. The van der Waals surface area contributed by atoms with Crippen LogP contribution < -0.4 is 10.1 Å². The van der Waals surface area contributed by atoms with E-state index in [0.29, 0.717) is 18.0 Å². The van der Waals surface area contributed by atoms with Gasteiger partial charge in [0.25, 0.3) is 0 Å². The zero-order valence-electron chi connectivity index (χ0n) is 16.4. The first-order chi connectivity index (χ1) is 14.2. The molecular formula is C21H24N6O2. The second-order valence-electron chi connectivity index (χ2n) is 7.14. The van der Waals surface area contributed by atoms with E-state index in [1.165, 1.54) is 0 Å². The molecule has 0 aliphatic carbocycles. The van der Waals surface area contributed by atoms with E-state index < -0.39 is 0 Å². The van der Waals surface area contributed by atoms with Gasteiger partial charge in [0, 0.05) is 18.9 Å². The fourth-order valence-corrected chi connectivity index (χ4v) is 3.48. The molecule has 150 valence electrons. The maximum atomic E-state index is 12.9. The highest BCUT2D eigenvalue weighted by atomic mass is 16.5. The summed E-state index contributed by atoms with van der Waals surface area (Å²) in [7, 11) is 1.92. The Hall–Kier alpha value is -3.26. The van der Waals surface area contributed by atoms with Crippen LogP contribution in [-0.4, -0.2) is 43.1 Å². The van der Waals surface area contributed by atoms with Gasteiger partial charge >= 0.3 is 0 Å². The molecule has 8 heteroatoms. The van der Waals surface area contributed by atoms with Gasteiger partial charge in [-0.15, -0.1) is 10.2 Å². The van der Waals surface area contributed by atoms with Crippen LogP contribution in [0.5, 0.6) is 11.5 Å². The summed E-state index contributed by atoms with van der Waals surface area (Å²) in [5, 5.41) is 11.1. The van der Waals surface area contributed by atoms with Gasteiger partial charge in [0.2, 0.25) is 5.91 Å². The number of aromatic nitrogens is 4. The van der Waals surface area contributed by atoms with Crippen LogP contribution in [0.2, 0.25) is 0 Å². The Balaban J connectivity index is 1.38. The summed E-state index contributed by atoms with van der Waals surface area (Å²) in [6.45, 7) is 1.50. The molecule has 1 aliphatic heterocycles. The number of piperidine rings is 1. The summed E-state index contributed by atoms with van der Waals surface area (Å²) >= 11 is 0. The lowest BCUT2D eigenvalue weighted by molar-refractivity contribution is -0.122. The van der Waals surface area contributed by atoms with Gasteiger partial charge in [-0.25, -0.2) is 0 Å². The molecule has 3 heterocycles. The molecule has 0 bridgehead atoms. The third-order valence-corrected chi connectivity index (χ3v) is 5.06. The van der Waals surface area contributed by atoms with Crippen LogP contribution in [0, 0.1) is 0 Å². The average Bonchev–Trinajstić information content (AvgIpc) is 3.15. The van der Waals surface area contributed by atoms with Crippen molar-refractivity contribution in [2.75, 3.05) is 11.9 Å². The summed E-state index contributed by atoms with van der Waals surface area (Å²) in [5.41, 5.74) is 0.748. The molecule has 1 aromatic carbocycles. The number of benzene rings is 1. The van der Waals surface area contributed by atoms with E-state index in [0.717, 1.165) is 37.3 Å². The summed E-state index contributed by atoms with van der Waals surface area (Å²) in [5.74, 6) is 2.23. The number of hydrogen-bond acceptors (Lipinski definition) is 6. The number of amides is 1. The van der Waals surface area contributed by atoms with E-state index in [4.69, 9.17) is 4.74 Å². The molecule has 0 radical (unpaired) electrons. The fraction of sp³-hybridized carbons (Fsp3) is 0.333. The van der Waals surface area contributed by atoms with Crippen molar-refractivity contribution in [3.63, 3.8) is 0 Å². The zero-order chi connectivity index (χ0) is 20.1. The molecule has 0 unspecified atom stereocenters. The molecule has 8 nitrogen and oxygen atoms in total. The van der Waals surface area contributed by atoms with Crippen molar-refractivity contribution in [3.8, 4) is 11.5 Å². The minimum absolute atomic E-state index is 0.00722. The van der Waals surface area contributed by atoms with Crippen molar-refractivity contribution in [2.24, 2.45) is 7.05 Å². The van der Waals surface area contributed by atoms with E-state index in [1.807, 2.05) is 48.0 Å². The Kier molecular flexibility index (Phi) is 5.81. The average molecular weight is 392 g/mol. The highest BCUT2D eigenvalue weighted by molar-refractivity contribution is 5.94. The molecule has 1 atom stereocenters. The van der Waals surface area contributed by atoms with E-state index >= 15 is 0 Å². The summed E-state index contributed by atoms with van der Waals surface area (Å²) in [6, 6.07) is 10.9. The summed E-state index contributed by atoms with van der Waals surface area (Å²) in [4.78, 5) is 19.1. The number of ether oxygens (including phenoxy) is 1. The van der Waals surface area contributed by atoms with Gasteiger partial charge < -0.3 is 14.6 Å². The second kappa shape index (κ2) is 8.83. The van der Waals surface area contributed by atoms with Gasteiger partial charge in [-0.1, -0.05) is 6.42 Å². The molecule has 1 saturated heterocycles. The molecule has 0 spiro atoms. The van der Waals surface area contributed by atoms with Gasteiger partial charge in [0.1, 0.15) is 23.7 Å². The molecule has 0 saturated carbocycles. The van der Waals surface area contributed by atoms with E-state index in [-0.39, 0.29) is 11.9 Å². The Morgan fingerprint density at radius 1 is 1.21 bits per heavy atom. The first-order valence-corrected chi connectivity index (χ1v) is 9.75. The number of pyridine rings is 1. The van der Waals surface area contributed by atoms with Crippen molar-refractivity contribution in [2.45, 2.75) is 31.8 Å². The van der Waals surface area contributed by atoms with Gasteiger partial charge in [-0.2, -0.15) is 0 Å². The molecule has 1 fully saturated rings. The van der Waals surface area contributed by atoms with Crippen LogP contribution in [-0.2, 0) is 18.4 Å². The maximum Gasteiger partial charge on any atom is 0.241 e. The van der Waals surface area contributed by atoms with Crippen molar-refractivity contribution in [1.82, 2.24) is 24.6 Å². The lowest BCUT2D eigenvalue weighted by Crippen LogP contribution is -2.46. The van der Waals surface area contributed by atoms with E-state index in [9.17, 15) is 4.79 Å². The van der Waals surface area contributed by atoms with E-state index in [2.05, 4.69) is 25.4 Å². The van der Waals surface area contributed by atoms with Crippen LogP contribution >= 0.6 is 0 Å². The zero-order valence-corrected chi connectivity index (χ0v) is 16.4. The summed E-state index contributed by atoms with van der Waals surface area (Å²) < 4.78 is 7.64. The van der Waals surface area contributed by atoms with Crippen molar-refractivity contribution >= 4 is 11.6 Å². The fourth-order valence-electron chi connectivity index (χ4n) is 3.48. The molecular weight excluding hydrogens is 368 g/mol. The first kappa shape index (κ1) is 19.1. The Bertz CT molecular complexity index is 941. The molecule has 1 amide bonds. The molecule has 1 aliphatic rings. The number of anilines is 1. The topological polar surface area (TPSA) is 85.2 Å².